The van der Waals surface area contributed by atoms with Crippen LogP contribution in [0.3, 0.4) is 0 Å². The average molecular weight is 248 g/mol. The Labute approximate surface area is 110 Å². The second kappa shape index (κ2) is 6.55. The summed E-state index contributed by atoms with van der Waals surface area (Å²) < 4.78 is 0. The highest BCUT2D eigenvalue weighted by Crippen LogP contribution is 2.22. The first-order valence-corrected chi connectivity index (χ1v) is 6.55. The van der Waals surface area contributed by atoms with Gasteiger partial charge in [0, 0.05) is 18.2 Å². The predicted octanol–water partition coefficient (Wildman–Crippen LogP) is 2.80. The van der Waals surface area contributed by atoms with E-state index >= 15 is 0 Å². The third kappa shape index (κ3) is 3.84. The molecule has 0 aromatic heterocycles. The van der Waals surface area contributed by atoms with Crippen LogP contribution in [0.4, 0.5) is 5.69 Å². The molecule has 0 bridgehead atoms. The second-order valence-corrected chi connectivity index (χ2v) is 4.97. The number of rotatable bonds is 5. The van der Waals surface area contributed by atoms with E-state index in [-0.39, 0.29) is 11.8 Å². The summed E-state index contributed by atoms with van der Waals surface area (Å²) in [5.74, 6) is 0.0519. The van der Waals surface area contributed by atoms with Gasteiger partial charge in [-0.2, -0.15) is 0 Å². The molecule has 0 fully saturated rings. The molecule has 0 aliphatic carbocycles. The van der Waals surface area contributed by atoms with Gasteiger partial charge in [-0.3, -0.25) is 4.79 Å². The minimum absolute atomic E-state index is 0.0231. The monoisotopic (exact) mass is 248 g/mol. The molecule has 0 saturated carbocycles. The van der Waals surface area contributed by atoms with Gasteiger partial charge in [0.15, 0.2) is 0 Å². The zero-order valence-corrected chi connectivity index (χ0v) is 12.1. The number of carbonyl (C=O) groups is 1. The van der Waals surface area contributed by atoms with Gasteiger partial charge in [-0.15, -0.1) is 0 Å². The van der Waals surface area contributed by atoms with E-state index in [4.69, 9.17) is 0 Å². The van der Waals surface area contributed by atoms with E-state index < -0.39 is 0 Å². The van der Waals surface area contributed by atoms with Gasteiger partial charge in [-0.05, 0) is 38.4 Å². The third-order valence-electron chi connectivity index (χ3n) is 3.07. The van der Waals surface area contributed by atoms with Crippen molar-refractivity contribution in [1.29, 1.82) is 0 Å². The molecule has 100 valence electrons. The number of nitrogens with one attached hydrogen (secondary N) is 2. The molecule has 0 aliphatic heterocycles. The molecule has 0 aliphatic rings. The summed E-state index contributed by atoms with van der Waals surface area (Å²) in [7, 11) is 0. The van der Waals surface area contributed by atoms with Crippen molar-refractivity contribution >= 4 is 11.6 Å². The first-order chi connectivity index (χ1) is 8.45. The molecule has 1 rings (SSSR count). The van der Waals surface area contributed by atoms with Crippen molar-refractivity contribution in [1.82, 2.24) is 5.32 Å². The molecular weight excluding hydrogens is 224 g/mol. The lowest BCUT2D eigenvalue weighted by Gasteiger charge is -2.16. The van der Waals surface area contributed by atoms with Crippen LogP contribution >= 0.6 is 0 Å². The molecular formula is C15H24N2O. The molecule has 1 atom stereocenters. The zero-order valence-electron chi connectivity index (χ0n) is 12.1. The average Bonchev–Trinajstić information content (AvgIpc) is 2.30. The maximum Gasteiger partial charge on any atom is 0.228 e. The highest BCUT2D eigenvalue weighted by molar-refractivity contribution is 5.94. The van der Waals surface area contributed by atoms with Crippen LogP contribution in [0.1, 0.15) is 30.5 Å². The van der Waals surface area contributed by atoms with Crippen molar-refractivity contribution < 1.29 is 4.79 Å². The van der Waals surface area contributed by atoms with Crippen LogP contribution in [0, 0.1) is 26.7 Å². The number of hydrogen-bond donors (Lipinski definition) is 2. The number of aryl methyl sites for hydroxylation is 3. The quantitative estimate of drug-likeness (QED) is 0.841. The van der Waals surface area contributed by atoms with E-state index in [0.717, 1.165) is 23.4 Å². The maximum atomic E-state index is 12.1. The lowest BCUT2D eigenvalue weighted by atomic mass is 10.0. The van der Waals surface area contributed by atoms with Gasteiger partial charge in [0.25, 0.3) is 0 Å². The number of carbonyl (C=O) groups excluding carboxylic acids is 1. The number of amides is 1. The van der Waals surface area contributed by atoms with E-state index in [0.29, 0.717) is 6.54 Å². The van der Waals surface area contributed by atoms with Crippen LogP contribution in [0.15, 0.2) is 12.1 Å². The molecule has 0 spiro atoms. The normalized spacial score (nSPS) is 12.3. The topological polar surface area (TPSA) is 41.1 Å². The van der Waals surface area contributed by atoms with Crippen molar-refractivity contribution in [2.24, 2.45) is 5.92 Å². The summed E-state index contributed by atoms with van der Waals surface area (Å²) >= 11 is 0. The first-order valence-electron chi connectivity index (χ1n) is 6.55. The molecule has 1 aromatic carbocycles. The van der Waals surface area contributed by atoms with Crippen molar-refractivity contribution in [3.63, 3.8) is 0 Å². The van der Waals surface area contributed by atoms with E-state index in [1.54, 1.807) is 0 Å². The maximum absolute atomic E-state index is 12.1. The molecule has 0 saturated heterocycles. The lowest BCUT2D eigenvalue weighted by molar-refractivity contribution is -0.119. The van der Waals surface area contributed by atoms with E-state index in [9.17, 15) is 4.79 Å². The SMILES string of the molecule is CCNCC(C)C(=O)Nc1c(C)cc(C)cc1C. The number of benzene rings is 1. The van der Waals surface area contributed by atoms with Crippen LogP contribution < -0.4 is 10.6 Å². The predicted molar refractivity (Wildman–Crippen MR) is 77.0 cm³/mol. The van der Waals surface area contributed by atoms with Crippen molar-refractivity contribution in [2.75, 3.05) is 18.4 Å². The summed E-state index contributed by atoms with van der Waals surface area (Å²) in [4.78, 5) is 12.1. The highest BCUT2D eigenvalue weighted by Gasteiger charge is 2.14. The number of anilines is 1. The van der Waals surface area contributed by atoms with Gasteiger partial charge in [0.05, 0.1) is 0 Å². The third-order valence-corrected chi connectivity index (χ3v) is 3.07. The van der Waals surface area contributed by atoms with Crippen molar-refractivity contribution in [2.45, 2.75) is 34.6 Å². The summed E-state index contributed by atoms with van der Waals surface area (Å²) in [6.07, 6.45) is 0. The first kappa shape index (κ1) is 14.7. The molecule has 3 heteroatoms. The fourth-order valence-corrected chi connectivity index (χ4v) is 2.08. The smallest absolute Gasteiger partial charge is 0.228 e. The Hall–Kier alpha value is -1.35. The standard InChI is InChI=1S/C15H24N2O/c1-6-16-9-13(5)15(18)17-14-11(3)7-10(2)8-12(14)4/h7-8,13,16H,6,9H2,1-5H3,(H,17,18). The molecule has 3 nitrogen and oxygen atoms in total. The second-order valence-electron chi connectivity index (χ2n) is 4.97. The Kier molecular flexibility index (Phi) is 5.35. The summed E-state index contributed by atoms with van der Waals surface area (Å²) in [6.45, 7) is 11.7. The molecule has 1 unspecified atom stereocenters. The van der Waals surface area contributed by atoms with E-state index in [1.165, 1.54) is 5.56 Å². The zero-order chi connectivity index (χ0) is 13.7. The minimum atomic E-state index is -0.0231. The lowest BCUT2D eigenvalue weighted by Crippen LogP contribution is -2.30. The Morgan fingerprint density at radius 2 is 1.78 bits per heavy atom. The molecule has 0 heterocycles. The Balaban J connectivity index is 2.76. The molecule has 18 heavy (non-hydrogen) atoms. The van der Waals surface area contributed by atoms with Gasteiger partial charge >= 0.3 is 0 Å². The van der Waals surface area contributed by atoms with E-state index in [1.807, 2.05) is 27.7 Å². The molecule has 0 radical (unpaired) electrons. The Morgan fingerprint density at radius 3 is 2.28 bits per heavy atom. The molecule has 1 aromatic rings. The van der Waals surface area contributed by atoms with Crippen LogP contribution in [-0.2, 0) is 4.79 Å². The summed E-state index contributed by atoms with van der Waals surface area (Å²) in [5, 5.41) is 6.23. The van der Waals surface area contributed by atoms with Gasteiger partial charge in [0.1, 0.15) is 0 Å². The van der Waals surface area contributed by atoms with Crippen molar-refractivity contribution in [3.05, 3.63) is 28.8 Å². The van der Waals surface area contributed by atoms with Crippen LogP contribution in [0.25, 0.3) is 0 Å². The van der Waals surface area contributed by atoms with Crippen LogP contribution in [0.5, 0.6) is 0 Å². The van der Waals surface area contributed by atoms with E-state index in [2.05, 4.69) is 29.7 Å². The summed E-state index contributed by atoms with van der Waals surface area (Å²) in [5.41, 5.74) is 4.42. The number of hydrogen-bond acceptors (Lipinski definition) is 2. The van der Waals surface area contributed by atoms with Gasteiger partial charge in [-0.1, -0.05) is 31.5 Å². The largest absolute Gasteiger partial charge is 0.325 e. The Bertz CT molecular complexity index is 403. The molecule has 1 amide bonds. The summed E-state index contributed by atoms with van der Waals surface area (Å²) in [6, 6.07) is 4.19. The Morgan fingerprint density at radius 1 is 1.22 bits per heavy atom. The highest BCUT2D eigenvalue weighted by atomic mass is 16.1. The molecule has 2 N–H and O–H groups in total. The van der Waals surface area contributed by atoms with Crippen molar-refractivity contribution in [3.8, 4) is 0 Å². The minimum Gasteiger partial charge on any atom is -0.325 e. The van der Waals surface area contributed by atoms with Crippen LogP contribution in [0.2, 0.25) is 0 Å². The fourth-order valence-electron chi connectivity index (χ4n) is 2.08. The van der Waals surface area contributed by atoms with Gasteiger partial charge in [-0.25, -0.2) is 0 Å². The van der Waals surface area contributed by atoms with Crippen LogP contribution in [-0.4, -0.2) is 19.0 Å². The fraction of sp³-hybridized carbons (Fsp3) is 0.533. The van der Waals surface area contributed by atoms with Gasteiger partial charge in [0.2, 0.25) is 5.91 Å². The van der Waals surface area contributed by atoms with Gasteiger partial charge < -0.3 is 10.6 Å².